The topological polar surface area (TPSA) is 32.3 Å². The first kappa shape index (κ1) is 16.4. The summed E-state index contributed by atoms with van der Waals surface area (Å²) in [6.45, 7) is 1.13. The number of carbonyl (C=O) groups is 1. The van der Waals surface area contributed by atoms with Gasteiger partial charge in [0.1, 0.15) is 0 Å². The van der Waals surface area contributed by atoms with Crippen molar-refractivity contribution in [3.05, 3.63) is 57.0 Å². The molecule has 1 N–H and O–H groups in total. The van der Waals surface area contributed by atoms with Crippen LogP contribution in [0.4, 0.5) is 11.4 Å². The van der Waals surface area contributed by atoms with Gasteiger partial charge in [-0.3, -0.25) is 4.79 Å². The van der Waals surface area contributed by atoms with Crippen LogP contribution in [0.5, 0.6) is 0 Å². The van der Waals surface area contributed by atoms with Crippen LogP contribution in [0, 0.1) is 0 Å². The molecule has 2 aromatic rings. The average Bonchev–Trinajstić information content (AvgIpc) is 2.53. The predicted molar refractivity (Wildman–Crippen MR) is 97.1 cm³/mol. The number of fused-ring (bicyclic) bond motifs is 1. The van der Waals surface area contributed by atoms with E-state index in [1.54, 1.807) is 6.07 Å². The third-order valence-electron chi connectivity index (χ3n) is 3.82. The highest BCUT2D eigenvalue weighted by atomic mass is 35.5. The number of amides is 1. The Morgan fingerprint density at radius 2 is 1.83 bits per heavy atom. The Bertz CT molecular complexity index is 749. The first-order valence-electron chi connectivity index (χ1n) is 7.32. The normalized spacial score (nSPS) is 13.6. The predicted octanol–water partition coefficient (Wildman–Crippen LogP) is 5.04. The van der Waals surface area contributed by atoms with Crippen LogP contribution < -0.4 is 10.2 Å². The lowest BCUT2D eigenvalue weighted by Crippen LogP contribution is -2.36. The minimum atomic E-state index is -0.137. The van der Waals surface area contributed by atoms with E-state index in [0.717, 1.165) is 25.1 Å². The van der Waals surface area contributed by atoms with E-state index in [0.29, 0.717) is 20.8 Å². The highest BCUT2D eigenvalue weighted by Gasteiger charge is 2.19. The van der Waals surface area contributed by atoms with Crippen molar-refractivity contribution >= 4 is 52.1 Å². The van der Waals surface area contributed by atoms with Crippen molar-refractivity contribution < 1.29 is 4.79 Å². The summed E-state index contributed by atoms with van der Waals surface area (Å²) < 4.78 is 0. The third kappa shape index (κ3) is 3.74. The molecule has 0 aliphatic carbocycles. The number of carbonyl (C=O) groups excluding carboxylic acids is 1. The second-order valence-electron chi connectivity index (χ2n) is 5.45. The maximum Gasteiger partial charge on any atom is 0.243 e. The van der Waals surface area contributed by atoms with Gasteiger partial charge in [-0.05, 0) is 36.6 Å². The van der Waals surface area contributed by atoms with Gasteiger partial charge in [0.25, 0.3) is 0 Å². The number of hydrogen-bond donors (Lipinski definition) is 1. The van der Waals surface area contributed by atoms with E-state index < -0.39 is 0 Å². The van der Waals surface area contributed by atoms with Crippen LogP contribution in [0.3, 0.4) is 0 Å². The molecule has 1 heterocycles. The maximum absolute atomic E-state index is 12.4. The van der Waals surface area contributed by atoms with Crippen molar-refractivity contribution in [3.8, 4) is 0 Å². The second-order valence-corrected chi connectivity index (χ2v) is 6.67. The Hall–Kier alpha value is -1.42. The minimum absolute atomic E-state index is 0.137. The molecule has 0 saturated carbocycles. The molecule has 1 aliphatic heterocycles. The minimum Gasteiger partial charge on any atom is -0.362 e. The molecule has 0 spiro atoms. The summed E-state index contributed by atoms with van der Waals surface area (Å²) in [5.74, 6) is -0.137. The average molecular weight is 370 g/mol. The van der Waals surface area contributed by atoms with E-state index in [1.165, 1.54) is 11.6 Å². The molecule has 120 valence electrons. The first-order valence-corrected chi connectivity index (χ1v) is 8.45. The van der Waals surface area contributed by atoms with Crippen molar-refractivity contribution in [3.63, 3.8) is 0 Å². The molecular formula is C17H15Cl3N2O. The van der Waals surface area contributed by atoms with Crippen molar-refractivity contribution in [2.45, 2.75) is 12.8 Å². The Balaban J connectivity index is 1.73. The van der Waals surface area contributed by atoms with Gasteiger partial charge in [-0.15, -0.1) is 0 Å². The molecule has 3 rings (SSSR count). The summed E-state index contributed by atoms with van der Waals surface area (Å²) in [5, 5.41) is 3.89. The van der Waals surface area contributed by atoms with Crippen molar-refractivity contribution in [2.24, 2.45) is 0 Å². The van der Waals surface area contributed by atoms with Gasteiger partial charge < -0.3 is 10.2 Å². The molecule has 1 amide bonds. The summed E-state index contributed by atoms with van der Waals surface area (Å²) in [6.07, 6.45) is 2.09. The molecule has 0 radical (unpaired) electrons. The lowest BCUT2D eigenvalue weighted by atomic mass is 10.0. The summed E-state index contributed by atoms with van der Waals surface area (Å²) in [5.41, 5.74) is 2.87. The summed E-state index contributed by atoms with van der Waals surface area (Å²) >= 11 is 18.0. The smallest absolute Gasteiger partial charge is 0.243 e. The number of rotatable bonds is 3. The molecule has 0 unspecified atom stereocenters. The molecule has 3 nitrogen and oxygen atoms in total. The molecular weight excluding hydrogens is 355 g/mol. The SMILES string of the molecule is O=C(CN1CCCc2ccccc21)Nc1cc(Cl)c(Cl)cc1Cl. The lowest BCUT2D eigenvalue weighted by Gasteiger charge is -2.30. The monoisotopic (exact) mass is 368 g/mol. The van der Waals surface area contributed by atoms with Crippen LogP contribution in [0.25, 0.3) is 0 Å². The standard InChI is InChI=1S/C17H15Cl3N2O/c18-12-8-14(20)15(9-13(12)19)21-17(23)10-22-7-3-5-11-4-1-2-6-16(11)22/h1-2,4,6,8-9H,3,5,7,10H2,(H,21,23). The van der Waals surface area contributed by atoms with E-state index in [2.05, 4.69) is 16.3 Å². The van der Waals surface area contributed by atoms with Crippen molar-refractivity contribution in [1.82, 2.24) is 0 Å². The number of hydrogen-bond acceptors (Lipinski definition) is 2. The van der Waals surface area contributed by atoms with E-state index in [-0.39, 0.29) is 12.5 Å². The summed E-state index contributed by atoms with van der Waals surface area (Å²) in [6, 6.07) is 11.3. The van der Waals surface area contributed by atoms with E-state index in [4.69, 9.17) is 34.8 Å². The van der Waals surface area contributed by atoms with Gasteiger partial charge in [0, 0.05) is 12.2 Å². The second kappa shape index (κ2) is 7.00. The largest absolute Gasteiger partial charge is 0.362 e. The highest BCUT2D eigenvalue weighted by Crippen LogP contribution is 2.32. The number of nitrogens with zero attached hydrogens (tertiary/aromatic N) is 1. The van der Waals surface area contributed by atoms with Crippen LogP contribution in [-0.4, -0.2) is 19.0 Å². The fourth-order valence-corrected chi connectivity index (χ4v) is 3.35. The van der Waals surface area contributed by atoms with Gasteiger partial charge in [-0.25, -0.2) is 0 Å². The first-order chi connectivity index (χ1) is 11.0. The zero-order valence-corrected chi connectivity index (χ0v) is 14.5. The Kier molecular flexibility index (Phi) is 5.00. The van der Waals surface area contributed by atoms with Crippen molar-refractivity contribution in [1.29, 1.82) is 0 Å². The Morgan fingerprint density at radius 3 is 2.65 bits per heavy atom. The number of halogens is 3. The van der Waals surface area contributed by atoms with Crippen LogP contribution in [-0.2, 0) is 11.2 Å². The Labute approximate surface area is 150 Å². The molecule has 23 heavy (non-hydrogen) atoms. The number of para-hydroxylation sites is 1. The number of aryl methyl sites for hydroxylation is 1. The number of anilines is 2. The van der Waals surface area contributed by atoms with Crippen molar-refractivity contribution in [2.75, 3.05) is 23.3 Å². The molecule has 0 bridgehead atoms. The lowest BCUT2D eigenvalue weighted by molar-refractivity contribution is -0.115. The van der Waals surface area contributed by atoms with Crippen LogP contribution >= 0.6 is 34.8 Å². The molecule has 0 fully saturated rings. The Morgan fingerprint density at radius 1 is 1.09 bits per heavy atom. The van der Waals surface area contributed by atoms with E-state index in [9.17, 15) is 4.79 Å². The van der Waals surface area contributed by atoms with Crippen LogP contribution in [0.15, 0.2) is 36.4 Å². The van der Waals surface area contributed by atoms with Crippen LogP contribution in [0.1, 0.15) is 12.0 Å². The zero-order chi connectivity index (χ0) is 16.4. The van der Waals surface area contributed by atoms with Gasteiger partial charge in [0.05, 0.1) is 27.3 Å². The fraction of sp³-hybridized carbons (Fsp3) is 0.235. The molecule has 0 saturated heterocycles. The summed E-state index contributed by atoms with van der Waals surface area (Å²) in [7, 11) is 0. The number of benzene rings is 2. The van der Waals surface area contributed by atoms with Gasteiger partial charge in [-0.1, -0.05) is 53.0 Å². The van der Waals surface area contributed by atoms with Gasteiger partial charge in [0.15, 0.2) is 0 Å². The quantitative estimate of drug-likeness (QED) is 0.769. The molecule has 0 aromatic heterocycles. The van der Waals surface area contributed by atoms with Gasteiger partial charge in [0.2, 0.25) is 5.91 Å². The van der Waals surface area contributed by atoms with Crippen LogP contribution in [0.2, 0.25) is 15.1 Å². The zero-order valence-electron chi connectivity index (χ0n) is 12.3. The molecule has 6 heteroatoms. The highest BCUT2D eigenvalue weighted by molar-refractivity contribution is 6.44. The molecule has 2 aromatic carbocycles. The van der Waals surface area contributed by atoms with E-state index >= 15 is 0 Å². The maximum atomic E-state index is 12.4. The molecule has 1 aliphatic rings. The number of nitrogens with one attached hydrogen (secondary N) is 1. The molecule has 0 atom stereocenters. The summed E-state index contributed by atoms with van der Waals surface area (Å²) in [4.78, 5) is 14.4. The third-order valence-corrected chi connectivity index (χ3v) is 4.86. The fourth-order valence-electron chi connectivity index (χ4n) is 2.76. The van der Waals surface area contributed by atoms with Gasteiger partial charge in [-0.2, -0.15) is 0 Å². The van der Waals surface area contributed by atoms with E-state index in [1.807, 2.05) is 18.2 Å². The van der Waals surface area contributed by atoms with Gasteiger partial charge >= 0.3 is 0 Å².